The van der Waals surface area contributed by atoms with Gasteiger partial charge in [0.05, 0.1) is 0 Å². The van der Waals surface area contributed by atoms with Gasteiger partial charge in [-0.3, -0.25) is 0 Å². The molecule has 0 atom stereocenters. The van der Waals surface area contributed by atoms with Crippen LogP contribution in [0.1, 0.15) is 0 Å². The number of benzene rings is 10. The van der Waals surface area contributed by atoms with Crippen LogP contribution in [0.5, 0.6) is 0 Å². The SMILES string of the molecule is c1ccc(-c2cccc(-c3ccc4ccc(-c5c6ccccc6c(-c6cc7ccccc7c7ccccc67)c6ccccc56)cc4c3)c2)cc1. The molecule has 0 aromatic heterocycles. The van der Waals surface area contributed by atoms with E-state index in [1.54, 1.807) is 0 Å². The first-order chi connectivity index (χ1) is 24.8. The van der Waals surface area contributed by atoms with E-state index in [4.69, 9.17) is 0 Å². The molecular formula is C50H32. The highest BCUT2D eigenvalue weighted by molar-refractivity contribution is 6.26. The Bertz CT molecular complexity index is 2860. The molecule has 232 valence electrons. The zero-order valence-corrected chi connectivity index (χ0v) is 27.5. The molecule has 0 N–H and O–H groups in total. The Morgan fingerprint density at radius 2 is 0.680 bits per heavy atom. The van der Waals surface area contributed by atoms with Crippen LogP contribution in [0, 0.1) is 0 Å². The van der Waals surface area contributed by atoms with E-state index in [1.165, 1.54) is 98.4 Å². The van der Waals surface area contributed by atoms with Gasteiger partial charge in [-0.15, -0.1) is 0 Å². The van der Waals surface area contributed by atoms with E-state index >= 15 is 0 Å². The lowest BCUT2D eigenvalue weighted by Crippen LogP contribution is -1.92. The molecule has 10 aromatic rings. The molecule has 0 fully saturated rings. The summed E-state index contributed by atoms with van der Waals surface area (Å²) in [6.07, 6.45) is 0. The number of hydrogen-bond donors (Lipinski definition) is 0. The second kappa shape index (κ2) is 11.6. The maximum absolute atomic E-state index is 2.40. The molecule has 50 heavy (non-hydrogen) atoms. The van der Waals surface area contributed by atoms with Gasteiger partial charge in [-0.25, -0.2) is 0 Å². The summed E-state index contributed by atoms with van der Waals surface area (Å²) in [4.78, 5) is 0. The molecule has 0 saturated heterocycles. The quantitative estimate of drug-likeness (QED) is 0.134. The molecular weight excluding hydrogens is 601 g/mol. The Kier molecular flexibility index (Phi) is 6.60. The Hall–Kier alpha value is -6.50. The van der Waals surface area contributed by atoms with Crippen molar-refractivity contribution in [3.05, 3.63) is 194 Å². The molecule has 0 aliphatic rings. The zero-order chi connectivity index (χ0) is 33.0. The largest absolute Gasteiger partial charge is 0.0622 e. The minimum Gasteiger partial charge on any atom is -0.0622 e. The molecule has 0 aliphatic heterocycles. The van der Waals surface area contributed by atoms with E-state index in [0.29, 0.717) is 0 Å². The Balaban J connectivity index is 1.20. The van der Waals surface area contributed by atoms with Gasteiger partial charge in [0.25, 0.3) is 0 Å². The average Bonchev–Trinajstić information content (AvgIpc) is 3.19. The molecule has 0 radical (unpaired) electrons. The molecule has 0 heterocycles. The first-order valence-electron chi connectivity index (χ1n) is 17.3. The molecule has 10 aromatic carbocycles. The van der Waals surface area contributed by atoms with Crippen LogP contribution in [-0.4, -0.2) is 0 Å². The molecule has 0 aliphatic carbocycles. The Morgan fingerprint density at radius 1 is 0.200 bits per heavy atom. The normalized spacial score (nSPS) is 11.6. The summed E-state index contributed by atoms with van der Waals surface area (Å²) in [6, 6.07) is 71.3. The molecule has 0 unspecified atom stereocenters. The summed E-state index contributed by atoms with van der Waals surface area (Å²) >= 11 is 0. The van der Waals surface area contributed by atoms with Crippen molar-refractivity contribution in [3.63, 3.8) is 0 Å². The molecule has 0 saturated carbocycles. The van der Waals surface area contributed by atoms with E-state index in [-0.39, 0.29) is 0 Å². The van der Waals surface area contributed by atoms with Gasteiger partial charge >= 0.3 is 0 Å². The number of rotatable bonds is 4. The van der Waals surface area contributed by atoms with E-state index in [0.717, 1.165) is 0 Å². The van der Waals surface area contributed by atoms with Gasteiger partial charge in [-0.2, -0.15) is 0 Å². The van der Waals surface area contributed by atoms with Gasteiger partial charge in [0.15, 0.2) is 0 Å². The predicted octanol–water partition coefficient (Wildman–Crippen LogP) is 14.1. The molecule has 0 nitrogen and oxygen atoms in total. The van der Waals surface area contributed by atoms with Gasteiger partial charge in [0.1, 0.15) is 0 Å². The van der Waals surface area contributed by atoms with Crippen molar-refractivity contribution in [2.45, 2.75) is 0 Å². The van der Waals surface area contributed by atoms with Crippen LogP contribution in [0.4, 0.5) is 0 Å². The molecule has 0 amide bonds. The van der Waals surface area contributed by atoms with Crippen LogP contribution in [0.2, 0.25) is 0 Å². The topological polar surface area (TPSA) is 0 Å². The maximum atomic E-state index is 2.40. The van der Waals surface area contributed by atoms with Crippen molar-refractivity contribution in [2.75, 3.05) is 0 Å². The second-order valence-electron chi connectivity index (χ2n) is 13.3. The highest BCUT2D eigenvalue weighted by atomic mass is 14.2. The second-order valence-corrected chi connectivity index (χ2v) is 13.3. The summed E-state index contributed by atoms with van der Waals surface area (Å²) in [5.74, 6) is 0. The van der Waals surface area contributed by atoms with Crippen LogP contribution in [0.3, 0.4) is 0 Å². The minimum atomic E-state index is 1.22. The monoisotopic (exact) mass is 632 g/mol. The average molecular weight is 633 g/mol. The predicted molar refractivity (Wildman–Crippen MR) is 216 cm³/mol. The third-order valence-corrected chi connectivity index (χ3v) is 10.4. The van der Waals surface area contributed by atoms with Gasteiger partial charge in [-0.1, -0.05) is 170 Å². The van der Waals surface area contributed by atoms with Crippen molar-refractivity contribution in [1.82, 2.24) is 0 Å². The summed E-state index contributed by atoms with van der Waals surface area (Å²) in [5.41, 5.74) is 9.99. The molecule has 0 heteroatoms. The Labute approximate surface area is 291 Å². The number of fused-ring (bicyclic) bond motifs is 6. The van der Waals surface area contributed by atoms with Crippen molar-refractivity contribution < 1.29 is 0 Å². The standard InChI is InChI=1S/C50H32/c1-2-13-33(14-3-1)35-16-12-17-36(29-35)37-27-25-34-26-28-39(31-40(34)30-37)49-44-21-8-10-23-46(44)50(47-24-11-9-22-45(47)49)48-32-38-15-4-5-18-41(38)42-19-6-7-20-43(42)48/h1-32H. The molecule has 0 spiro atoms. The zero-order valence-electron chi connectivity index (χ0n) is 27.5. The lowest BCUT2D eigenvalue weighted by atomic mass is 9.83. The summed E-state index contributed by atoms with van der Waals surface area (Å²) in [7, 11) is 0. The van der Waals surface area contributed by atoms with Crippen molar-refractivity contribution >= 4 is 53.9 Å². The lowest BCUT2D eigenvalue weighted by molar-refractivity contribution is 1.60. The van der Waals surface area contributed by atoms with Gasteiger partial charge in [0.2, 0.25) is 0 Å². The highest BCUT2D eigenvalue weighted by Crippen LogP contribution is 2.47. The third-order valence-electron chi connectivity index (χ3n) is 10.4. The van der Waals surface area contributed by atoms with E-state index in [1.807, 2.05) is 0 Å². The first-order valence-corrected chi connectivity index (χ1v) is 17.3. The summed E-state index contributed by atoms with van der Waals surface area (Å²) in [5, 5.41) is 12.7. The molecule has 10 rings (SSSR count). The Morgan fingerprint density at radius 3 is 1.38 bits per heavy atom. The van der Waals surface area contributed by atoms with Crippen LogP contribution in [-0.2, 0) is 0 Å². The fourth-order valence-corrected chi connectivity index (χ4v) is 8.08. The van der Waals surface area contributed by atoms with E-state index in [9.17, 15) is 0 Å². The smallest absolute Gasteiger partial charge is 0.00199 e. The van der Waals surface area contributed by atoms with E-state index in [2.05, 4.69) is 194 Å². The van der Waals surface area contributed by atoms with Crippen LogP contribution < -0.4 is 0 Å². The van der Waals surface area contributed by atoms with Gasteiger partial charge in [-0.05, 0) is 123 Å². The van der Waals surface area contributed by atoms with Crippen molar-refractivity contribution in [1.29, 1.82) is 0 Å². The third kappa shape index (κ3) is 4.61. The van der Waals surface area contributed by atoms with Crippen LogP contribution >= 0.6 is 0 Å². The maximum Gasteiger partial charge on any atom is -0.00199 e. The fraction of sp³-hybridized carbons (Fsp3) is 0. The number of hydrogen-bond acceptors (Lipinski definition) is 0. The summed E-state index contributed by atoms with van der Waals surface area (Å²) < 4.78 is 0. The molecule has 0 bridgehead atoms. The first kappa shape index (κ1) is 28.5. The summed E-state index contributed by atoms with van der Waals surface area (Å²) in [6.45, 7) is 0. The van der Waals surface area contributed by atoms with Gasteiger partial charge in [0, 0.05) is 0 Å². The minimum absolute atomic E-state index is 1.22. The van der Waals surface area contributed by atoms with E-state index < -0.39 is 0 Å². The fourth-order valence-electron chi connectivity index (χ4n) is 8.08. The van der Waals surface area contributed by atoms with Crippen molar-refractivity contribution in [2.24, 2.45) is 0 Å². The van der Waals surface area contributed by atoms with Crippen molar-refractivity contribution in [3.8, 4) is 44.5 Å². The van der Waals surface area contributed by atoms with Crippen LogP contribution in [0.15, 0.2) is 194 Å². The van der Waals surface area contributed by atoms with Crippen LogP contribution in [0.25, 0.3) is 98.4 Å². The highest BCUT2D eigenvalue weighted by Gasteiger charge is 2.19. The van der Waals surface area contributed by atoms with Gasteiger partial charge < -0.3 is 0 Å². The lowest BCUT2D eigenvalue weighted by Gasteiger charge is -2.20.